The van der Waals surface area contributed by atoms with Gasteiger partial charge in [-0.1, -0.05) is 37.6 Å². The number of unbranched alkanes of at least 4 members (excludes halogenated alkanes) is 1. The summed E-state index contributed by atoms with van der Waals surface area (Å²) >= 11 is 0. The molecule has 0 heterocycles. The Kier molecular flexibility index (Phi) is 6.13. The third-order valence-corrected chi connectivity index (χ3v) is 3.96. The van der Waals surface area contributed by atoms with Crippen LogP contribution >= 0.6 is 0 Å². The summed E-state index contributed by atoms with van der Waals surface area (Å²) in [5.41, 5.74) is 2.79. The Bertz CT molecular complexity index is 725. The Morgan fingerprint density at radius 1 is 1.04 bits per heavy atom. The van der Waals surface area contributed by atoms with Gasteiger partial charge in [0.05, 0.1) is 0 Å². The highest BCUT2D eigenvalue weighted by molar-refractivity contribution is 6.06. The van der Waals surface area contributed by atoms with E-state index in [9.17, 15) is 9.59 Å². The van der Waals surface area contributed by atoms with Gasteiger partial charge in [0, 0.05) is 30.4 Å². The fraction of sp³-hybridized carbons (Fsp3) is 0.300. The van der Waals surface area contributed by atoms with Crippen molar-refractivity contribution in [3.8, 4) is 0 Å². The summed E-state index contributed by atoms with van der Waals surface area (Å²) < 4.78 is 0. The summed E-state index contributed by atoms with van der Waals surface area (Å²) in [6.45, 7) is 4.75. The minimum atomic E-state index is -0.213. The quantitative estimate of drug-likeness (QED) is 0.869. The lowest BCUT2D eigenvalue weighted by molar-refractivity contribution is 0.0793. The van der Waals surface area contributed by atoms with Crippen LogP contribution in [0.4, 0.5) is 5.69 Å². The molecule has 0 saturated heterocycles. The van der Waals surface area contributed by atoms with Crippen molar-refractivity contribution in [1.29, 1.82) is 0 Å². The van der Waals surface area contributed by atoms with Gasteiger partial charge in [0.1, 0.15) is 0 Å². The van der Waals surface area contributed by atoms with Crippen LogP contribution in [0.3, 0.4) is 0 Å². The summed E-state index contributed by atoms with van der Waals surface area (Å²) in [5.74, 6) is -0.274. The Morgan fingerprint density at radius 2 is 1.75 bits per heavy atom. The van der Waals surface area contributed by atoms with Crippen LogP contribution in [0.1, 0.15) is 46.0 Å². The number of anilines is 1. The van der Waals surface area contributed by atoms with Crippen molar-refractivity contribution in [1.82, 2.24) is 4.90 Å². The monoisotopic (exact) mass is 324 g/mol. The number of aryl methyl sites for hydroxylation is 1. The summed E-state index contributed by atoms with van der Waals surface area (Å²) in [5, 5.41) is 2.89. The first-order valence-electron chi connectivity index (χ1n) is 8.25. The number of para-hydroxylation sites is 1. The van der Waals surface area contributed by atoms with Gasteiger partial charge < -0.3 is 10.2 Å². The topological polar surface area (TPSA) is 49.4 Å². The van der Waals surface area contributed by atoms with Crippen LogP contribution in [0.2, 0.25) is 0 Å². The summed E-state index contributed by atoms with van der Waals surface area (Å²) in [6, 6.07) is 14.5. The molecule has 0 radical (unpaired) electrons. The van der Waals surface area contributed by atoms with Gasteiger partial charge in [0.2, 0.25) is 0 Å². The first-order valence-corrected chi connectivity index (χ1v) is 8.25. The van der Waals surface area contributed by atoms with E-state index in [-0.39, 0.29) is 11.8 Å². The number of amides is 2. The lowest BCUT2D eigenvalue weighted by Crippen LogP contribution is -2.28. The highest BCUT2D eigenvalue weighted by atomic mass is 16.2. The molecule has 0 fully saturated rings. The molecule has 126 valence electrons. The molecule has 1 N–H and O–H groups in total. The molecule has 4 heteroatoms. The zero-order chi connectivity index (χ0) is 17.5. The van der Waals surface area contributed by atoms with Crippen LogP contribution in [0.25, 0.3) is 0 Å². The minimum absolute atomic E-state index is 0.0611. The van der Waals surface area contributed by atoms with Gasteiger partial charge in [0.15, 0.2) is 0 Å². The molecule has 0 aliphatic rings. The largest absolute Gasteiger partial charge is 0.342 e. The third-order valence-electron chi connectivity index (χ3n) is 3.96. The number of nitrogens with zero attached hydrogens (tertiary/aromatic N) is 1. The average molecular weight is 324 g/mol. The summed E-state index contributed by atoms with van der Waals surface area (Å²) in [4.78, 5) is 26.6. The van der Waals surface area contributed by atoms with Crippen molar-refractivity contribution in [2.45, 2.75) is 26.7 Å². The molecule has 0 spiro atoms. The van der Waals surface area contributed by atoms with Gasteiger partial charge >= 0.3 is 0 Å². The van der Waals surface area contributed by atoms with Gasteiger partial charge in [-0.2, -0.15) is 0 Å². The van der Waals surface area contributed by atoms with E-state index in [1.165, 1.54) is 0 Å². The fourth-order valence-electron chi connectivity index (χ4n) is 2.42. The van der Waals surface area contributed by atoms with Gasteiger partial charge in [-0.3, -0.25) is 9.59 Å². The van der Waals surface area contributed by atoms with Crippen LogP contribution in [0.15, 0.2) is 48.5 Å². The Balaban J connectivity index is 2.13. The molecule has 0 saturated carbocycles. The highest BCUT2D eigenvalue weighted by Gasteiger charge is 2.14. The lowest BCUT2D eigenvalue weighted by atomic mass is 10.1. The van der Waals surface area contributed by atoms with E-state index in [0.29, 0.717) is 11.1 Å². The lowest BCUT2D eigenvalue weighted by Gasteiger charge is -2.17. The highest BCUT2D eigenvalue weighted by Crippen LogP contribution is 2.16. The average Bonchev–Trinajstić information content (AvgIpc) is 2.61. The van der Waals surface area contributed by atoms with Crippen molar-refractivity contribution in [2.24, 2.45) is 0 Å². The SMILES string of the molecule is CCCCN(C)C(=O)c1cccc(C(=O)Nc2ccccc2C)c1. The predicted molar refractivity (Wildman–Crippen MR) is 97.4 cm³/mol. The van der Waals surface area contributed by atoms with Gasteiger partial charge in [0.25, 0.3) is 11.8 Å². The van der Waals surface area contributed by atoms with Crippen LogP contribution in [0, 0.1) is 6.92 Å². The van der Waals surface area contributed by atoms with E-state index in [2.05, 4.69) is 12.2 Å². The molecule has 0 aromatic heterocycles. The molecule has 0 atom stereocenters. The number of hydrogen-bond acceptors (Lipinski definition) is 2. The van der Waals surface area contributed by atoms with Crippen molar-refractivity contribution in [3.05, 3.63) is 65.2 Å². The van der Waals surface area contributed by atoms with Crippen LogP contribution in [-0.4, -0.2) is 30.3 Å². The number of nitrogens with one attached hydrogen (secondary N) is 1. The van der Waals surface area contributed by atoms with Crippen LogP contribution < -0.4 is 5.32 Å². The zero-order valence-corrected chi connectivity index (χ0v) is 14.5. The smallest absolute Gasteiger partial charge is 0.255 e. The zero-order valence-electron chi connectivity index (χ0n) is 14.5. The van der Waals surface area contributed by atoms with Crippen LogP contribution in [-0.2, 0) is 0 Å². The number of benzene rings is 2. The maximum absolute atomic E-state index is 12.4. The minimum Gasteiger partial charge on any atom is -0.342 e. The van der Waals surface area contributed by atoms with Gasteiger partial charge in [-0.15, -0.1) is 0 Å². The molecule has 24 heavy (non-hydrogen) atoms. The standard InChI is InChI=1S/C20H24N2O2/c1-4-5-13-22(3)20(24)17-11-8-10-16(14-17)19(23)21-18-12-7-6-9-15(18)2/h6-12,14H,4-5,13H2,1-3H3,(H,21,23). The molecule has 0 unspecified atom stereocenters. The number of carbonyl (C=O) groups is 2. The maximum Gasteiger partial charge on any atom is 0.255 e. The second-order valence-corrected chi connectivity index (χ2v) is 5.93. The van der Waals surface area contributed by atoms with E-state index >= 15 is 0 Å². The van der Waals surface area contributed by atoms with Gasteiger partial charge in [-0.05, 0) is 43.2 Å². The summed E-state index contributed by atoms with van der Waals surface area (Å²) in [6.07, 6.45) is 2.01. The number of rotatable bonds is 6. The normalized spacial score (nSPS) is 10.3. The molecular formula is C20H24N2O2. The summed E-state index contributed by atoms with van der Waals surface area (Å²) in [7, 11) is 1.79. The third kappa shape index (κ3) is 4.44. The first kappa shape index (κ1) is 17.7. The maximum atomic E-state index is 12.4. The molecule has 2 aromatic carbocycles. The molecule has 2 aromatic rings. The molecule has 0 aliphatic carbocycles. The van der Waals surface area contributed by atoms with Gasteiger partial charge in [-0.25, -0.2) is 0 Å². The Labute approximate surface area is 143 Å². The van der Waals surface area contributed by atoms with E-state index in [4.69, 9.17) is 0 Å². The van der Waals surface area contributed by atoms with Crippen molar-refractivity contribution >= 4 is 17.5 Å². The molecule has 4 nitrogen and oxygen atoms in total. The van der Waals surface area contributed by atoms with Crippen molar-refractivity contribution in [2.75, 3.05) is 18.9 Å². The molecule has 0 aliphatic heterocycles. The van der Waals surface area contributed by atoms with E-state index < -0.39 is 0 Å². The van der Waals surface area contributed by atoms with Crippen molar-refractivity contribution in [3.63, 3.8) is 0 Å². The fourth-order valence-corrected chi connectivity index (χ4v) is 2.42. The second kappa shape index (κ2) is 8.29. The molecule has 0 bridgehead atoms. The molecule has 2 amide bonds. The predicted octanol–water partition coefficient (Wildman–Crippen LogP) is 4.12. The second-order valence-electron chi connectivity index (χ2n) is 5.93. The molecular weight excluding hydrogens is 300 g/mol. The molecule has 2 rings (SSSR count). The van der Waals surface area contributed by atoms with Crippen LogP contribution in [0.5, 0.6) is 0 Å². The Morgan fingerprint density at radius 3 is 2.46 bits per heavy atom. The van der Waals surface area contributed by atoms with Crippen molar-refractivity contribution < 1.29 is 9.59 Å². The van der Waals surface area contributed by atoms with E-state index in [0.717, 1.165) is 30.6 Å². The Hall–Kier alpha value is -2.62. The first-order chi connectivity index (χ1) is 11.5. The van der Waals surface area contributed by atoms with E-state index in [1.807, 2.05) is 31.2 Å². The number of carbonyl (C=O) groups excluding carboxylic acids is 2. The number of hydrogen-bond donors (Lipinski definition) is 1. The van der Waals surface area contributed by atoms with E-state index in [1.54, 1.807) is 36.2 Å².